The summed E-state index contributed by atoms with van der Waals surface area (Å²) in [6.07, 6.45) is 1.41. The molecule has 6 heteroatoms. The lowest BCUT2D eigenvalue weighted by molar-refractivity contribution is -0.225. The molecular weight excluding hydrogens is 288 g/mol. The zero-order chi connectivity index (χ0) is 16.7. The van der Waals surface area contributed by atoms with Gasteiger partial charge in [0.2, 0.25) is 5.60 Å². The van der Waals surface area contributed by atoms with Gasteiger partial charge in [0.15, 0.2) is 0 Å². The first kappa shape index (κ1) is 16.8. The number of carbonyl (C=O) groups is 3. The standard InChI is InChI=1S/C16H24O6/c1-9(2)12(17)21-15(3,4)14(19)20-11-8-10-6-7-16(11,5)22-13(10)18/h9-11H,6-8H2,1-5H3. The Hall–Kier alpha value is -1.59. The van der Waals surface area contributed by atoms with E-state index in [0.717, 1.165) is 6.42 Å². The molecule has 3 rings (SSSR count). The third-order valence-corrected chi connectivity index (χ3v) is 4.40. The summed E-state index contributed by atoms with van der Waals surface area (Å²) in [6, 6.07) is 0. The van der Waals surface area contributed by atoms with Gasteiger partial charge in [0.05, 0.1) is 11.8 Å². The molecule has 3 atom stereocenters. The van der Waals surface area contributed by atoms with Crippen LogP contribution in [-0.4, -0.2) is 35.2 Å². The van der Waals surface area contributed by atoms with E-state index in [2.05, 4.69) is 0 Å². The maximum Gasteiger partial charge on any atom is 0.350 e. The number of esters is 3. The minimum atomic E-state index is -1.36. The Morgan fingerprint density at radius 1 is 1.36 bits per heavy atom. The van der Waals surface area contributed by atoms with E-state index in [9.17, 15) is 14.4 Å². The van der Waals surface area contributed by atoms with Crippen LogP contribution in [0.15, 0.2) is 0 Å². The highest BCUT2D eigenvalue weighted by Gasteiger charge is 2.54. The van der Waals surface area contributed by atoms with Crippen LogP contribution in [0.25, 0.3) is 0 Å². The van der Waals surface area contributed by atoms with Crippen LogP contribution in [-0.2, 0) is 28.6 Å². The number of carbonyl (C=O) groups excluding carboxylic acids is 3. The first-order chi connectivity index (χ1) is 10.0. The van der Waals surface area contributed by atoms with Crippen LogP contribution < -0.4 is 0 Å². The van der Waals surface area contributed by atoms with Crippen molar-refractivity contribution < 1.29 is 28.6 Å². The molecule has 3 unspecified atom stereocenters. The molecule has 2 heterocycles. The number of hydrogen-bond acceptors (Lipinski definition) is 6. The van der Waals surface area contributed by atoms with Gasteiger partial charge in [-0.05, 0) is 33.6 Å². The highest BCUT2D eigenvalue weighted by Crippen LogP contribution is 2.43. The smallest absolute Gasteiger partial charge is 0.350 e. The van der Waals surface area contributed by atoms with Crippen LogP contribution >= 0.6 is 0 Å². The summed E-state index contributed by atoms with van der Waals surface area (Å²) in [5.74, 6) is -1.81. The summed E-state index contributed by atoms with van der Waals surface area (Å²) in [5.41, 5.74) is -2.14. The molecule has 0 spiro atoms. The van der Waals surface area contributed by atoms with Crippen molar-refractivity contribution in [1.29, 1.82) is 0 Å². The van der Waals surface area contributed by atoms with E-state index in [-0.39, 0.29) is 17.8 Å². The van der Waals surface area contributed by atoms with Crippen LogP contribution in [0.1, 0.15) is 53.9 Å². The lowest BCUT2D eigenvalue weighted by atomic mass is 9.74. The van der Waals surface area contributed by atoms with Crippen molar-refractivity contribution in [1.82, 2.24) is 0 Å². The average molecular weight is 312 g/mol. The molecule has 2 saturated heterocycles. The molecule has 1 aliphatic carbocycles. The second kappa shape index (κ2) is 5.56. The molecule has 0 aromatic rings. The molecule has 0 aromatic carbocycles. The monoisotopic (exact) mass is 312 g/mol. The molecule has 3 aliphatic rings. The van der Waals surface area contributed by atoms with Gasteiger partial charge < -0.3 is 14.2 Å². The zero-order valence-electron chi connectivity index (χ0n) is 13.8. The topological polar surface area (TPSA) is 78.9 Å². The highest BCUT2D eigenvalue weighted by atomic mass is 16.6. The number of ether oxygens (including phenoxy) is 3. The van der Waals surface area contributed by atoms with Crippen molar-refractivity contribution in [3.8, 4) is 0 Å². The Bertz CT molecular complexity index is 495. The van der Waals surface area contributed by atoms with Crippen molar-refractivity contribution in [3.05, 3.63) is 0 Å². The van der Waals surface area contributed by atoms with E-state index in [1.54, 1.807) is 20.8 Å². The lowest BCUT2D eigenvalue weighted by Crippen LogP contribution is -2.58. The van der Waals surface area contributed by atoms with Gasteiger partial charge in [-0.15, -0.1) is 0 Å². The predicted octanol–water partition coefficient (Wildman–Crippen LogP) is 1.99. The number of hydrogen-bond donors (Lipinski definition) is 0. The first-order valence-electron chi connectivity index (χ1n) is 7.72. The minimum Gasteiger partial charge on any atom is -0.455 e. The summed E-state index contributed by atoms with van der Waals surface area (Å²) >= 11 is 0. The molecule has 0 N–H and O–H groups in total. The van der Waals surface area contributed by atoms with Crippen molar-refractivity contribution in [2.75, 3.05) is 0 Å². The molecule has 2 aliphatic heterocycles. The van der Waals surface area contributed by atoms with E-state index < -0.39 is 29.2 Å². The molecule has 0 radical (unpaired) electrons. The normalized spacial score (nSPS) is 30.9. The van der Waals surface area contributed by atoms with Crippen LogP contribution in [0.5, 0.6) is 0 Å². The predicted molar refractivity (Wildman–Crippen MR) is 76.7 cm³/mol. The second-order valence-corrected chi connectivity index (χ2v) is 7.19. The largest absolute Gasteiger partial charge is 0.455 e. The van der Waals surface area contributed by atoms with E-state index in [1.165, 1.54) is 13.8 Å². The maximum atomic E-state index is 12.4. The van der Waals surface area contributed by atoms with Crippen LogP contribution in [0, 0.1) is 11.8 Å². The third kappa shape index (κ3) is 3.10. The Labute approximate surface area is 130 Å². The van der Waals surface area contributed by atoms with Gasteiger partial charge in [-0.2, -0.15) is 0 Å². The quantitative estimate of drug-likeness (QED) is 0.583. The van der Waals surface area contributed by atoms with Crippen molar-refractivity contribution >= 4 is 17.9 Å². The summed E-state index contributed by atoms with van der Waals surface area (Å²) in [4.78, 5) is 35.7. The van der Waals surface area contributed by atoms with Crippen molar-refractivity contribution in [2.45, 2.75) is 71.2 Å². The third-order valence-electron chi connectivity index (χ3n) is 4.40. The maximum absolute atomic E-state index is 12.4. The van der Waals surface area contributed by atoms with Crippen molar-refractivity contribution in [3.63, 3.8) is 0 Å². The van der Waals surface area contributed by atoms with Gasteiger partial charge in [-0.1, -0.05) is 13.8 Å². The van der Waals surface area contributed by atoms with Gasteiger partial charge in [0.1, 0.15) is 11.7 Å². The number of fused-ring (bicyclic) bond motifs is 3. The van der Waals surface area contributed by atoms with Gasteiger partial charge in [0.25, 0.3) is 0 Å². The molecule has 124 valence electrons. The average Bonchev–Trinajstić information content (AvgIpc) is 2.39. The summed E-state index contributed by atoms with van der Waals surface area (Å²) in [7, 11) is 0. The first-order valence-corrected chi connectivity index (χ1v) is 7.72. The summed E-state index contributed by atoms with van der Waals surface area (Å²) < 4.78 is 16.1. The minimum absolute atomic E-state index is 0.207. The van der Waals surface area contributed by atoms with E-state index in [1.807, 2.05) is 0 Å². The molecule has 2 bridgehead atoms. The molecular formula is C16H24O6. The zero-order valence-corrected chi connectivity index (χ0v) is 13.8. The Morgan fingerprint density at radius 3 is 2.50 bits per heavy atom. The van der Waals surface area contributed by atoms with Crippen LogP contribution in [0.2, 0.25) is 0 Å². The van der Waals surface area contributed by atoms with E-state index >= 15 is 0 Å². The van der Waals surface area contributed by atoms with Gasteiger partial charge in [-0.25, -0.2) is 4.79 Å². The Morgan fingerprint density at radius 2 is 2.00 bits per heavy atom. The fourth-order valence-corrected chi connectivity index (χ4v) is 2.75. The summed E-state index contributed by atoms with van der Waals surface area (Å²) in [6.45, 7) is 8.19. The van der Waals surface area contributed by atoms with Gasteiger partial charge in [0, 0.05) is 6.42 Å². The number of rotatable bonds is 4. The van der Waals surface area contributed by atoms with E-state index in [0.29, 0.717) is 12.8 Å². The fraction of sp³-hybridized carbons (Fsp3) is 0.812. The van der Waals surface area contributed by atoms with E-state index in [4.69, 9.17) is 14.2 Å². The fourth-order valence-electron chi connectivity index (χ4n) is 2.75. The SMILES string of the molecule is CC(C)C(=O)OC(C)(C)C(=O)OC1CC2CCC1(C)OC2=O. The molecule has 0 amide bonds. The van der Waals surface area contributed by atoms with Crippen molar-refractivity contribution in [2.24, 2.45) is 11.8 Å². The molecule has 1 saturated carbocycles. The highest BCUT2D eigenvalue weighted by molar-refractivity contribution is 5.83. The van der Waals surface area contributed by atoms with Crippen LogP contribution in [0.3, 0.4) is 0 Å². The lowest BCUT2D eigenvalue weighted by Gasteiger charge is -2.48. The molecule has 6 nitrogen and oxygen atoms in total. The molecule has 22 heavy (non-hydrogen) atoms. The second-order valence-electron chi connectivity index (χ2n) is 7.19. The summed E-state index contributed by atoms with van der Waals surface area (Å²) in [5, 5.41) is 0. The Balaban J connectivity index is 2.03. The molecule has 3 fully saturated rings. The van der Waals surface area contributed by atoms with Gasteiger partial charge in [-0.3, -0.25) is 9.59 Å². The van der Waals surface area contributed by atoms with Gasteiger partial charge >= 0.3 is 17.9 Å². The molecule has 0 aromatic heterocycles. The van der Waals surface area contributed by atoms with Crippen LogP contribution in [0.4, 0.5) is 0 Å². The Kier molecular flexibility index (Phi) is 4.24.